The highest BCUT2D eigenvalue weighted by Crippen LogP contribution is 2.08. The number of carbonyl (C=O) groups is 1. The maximum atomic E-state index is 10.3. The highest BCUT2D eigenvalue weighted by molar-refractivity contribution is 5.66. The first kappa shape index (κ1) is 18.7. The van der Waals surface area contributed by atoms with Gasteiger partial charge in [-0.15, -0.1) is 5.73 Å². The van der Waals surface area contributed by atoms with E-state index in [0.29, 0.717) is 6.42 Å². The predicted octanol–water partition coefficient (Wildman–Crippen LogP) is 5.65. The van der Waals surface area contributed by atoms with Crippen LogP contribution >= 0.6 is 0 Å². The molecule has 0 aromatic rings. The van der Waals surface area contributed by atoms with E-state index in [9.17, 15) is 4.79 Å². The third-order valence-electron chi connectivity index (χ3n) is 3.13. The van der Waals surface area contributed by atoms with E-state index in [-0.39, 0.29) is 6.42 Å². The van der Waals surface area contributed by atoms with Crippen molar-refractivity contribution in [2.75, 3.05) is 0 Å². The summed E-state index contributed by atoms with van der Waals surface area (Å²) in [6, 6.07) is 0. The minimum atomic E-state index is -0.752. The maximum Gasteiger partial charge on any atom is 0.303 e. The second-order valence-electron chi connectivity index (χ2n) is 5.12. The molecule has 0 fully saturated rings. The number of carboxylic acid groups (broad SMARTS) is 1. The van der Waals surface area contributed by atoms with Crippen molar-refractivity contribution in [3.8, 4) is 0 Å². The largest absolute Gasteiger partial charge is 0.481 e. The van der Waals surface area contributed by atoms with E-state index in [4.69, 9.17) is 5.11 Å². The van der Waals surface area contributed by atoms with Gasteiger partial charge in [-0.25, -0.2) is 0 Å². The van der Waals surface area contributed by atoms with E-state index in [1.807, 2.05) is 6.08 Å². The summed E-state index contributed by atoms with van der Waals surface area (Å²) in [5.41, 5.74) is 3.01. The van der Waals surface area contributed by atoms with Gasteiger partial charge in [-0.05, 0) is 37.8 Å². The molecule has 0 saturated carbocycles. The van der Waals surface area contributed by atoms with Gasteiger partial charge in [0.15, 0.2) is 0 Å². The fraction of sp³-hybridized carbons (Fsp3) is 0.667. The van der Waals surface area contributed by atoms with Crippen molar-refractivity contribution in [2.45, 2.75) is 77.6 Å². The van der Waals surface area contributed by atoms with E-state index >= 15 is 0 Å². The topological polar surface area (TPSA) is 37.3 Å². The average Bonchev–Trinajstić information content (AvgIpc) is 2.43. The molecule has 0 aromatic carbocycles. The lowest BCUT2D eigenvalue weighted by molar-refractivity contribution is -0.136. The van der Waals surface area contributed by atoms with Gasteiger partial charge in [-0.1, -0.05) is 57.6 Å². The molecule has 0 aliphatic rings. The first-order valence-electron chi connectivity index (χ1n) is 8.03. The molecule has 20 heavy (non-hydrogen) atoms. The first-order valence-corrected chi connectivity index (χ1v) is 8.03. The predicted molar refractivity (Wildman–Crippen MR) is 85.9 cm³/mol. The minimum Gasteiger partial charge on any atom is -0.481 e. The second-order valence-corrected chi connectivity index (χ2v) is 5.12. The zero-order chi connectivity index (χ0) is 14.9. The molecule has 1 N–H and O–H groups in total. The summed E-state index contributed by atoms with van der Waals surface area (Å²) < 4.78 is 0. The lowest BCUT2D eigenvalue weighted by Gasteiger charge is -1.98. The van der Waals surface area contributed by atoms with E-state index in [2.05, 4.69) is 24.8 Å². The molecule has 0 aliphatic carbocycles. The standard InChI is InChI=1S/C18H30O2/c1-2-3-4-5-6-7-8-9-10-11-12-13-14-15-16-17-18(19)20/h10-11,13,15H,2-9,12,16-17H2,1H3,(H,19,20). The summed E-state index contributed by atoms with van der Waals surface area (Å²) in [5.74, 6) is -0.752. The van der Waals surface area contributed by atoms with E-state index in [1.54, 1.807) is 6.08 Å². The fourth-order valence-corrected chi connectivity index (χ4v) is 1.93. The quantitative estimate of drug-likeness (QED) is 0.268. The Bertz CT molecular complexity index is 309. The van der Waals surface area contributed by atoms with E-state index < -0.39 is 5.97 Å². The zero-order valence-corrected chi connectivity index (χ0v) is 12.9. The van der Waals surface area contributed by atoms with Crippen LogP contribution in [-0.2, 0) is 4.79 Å². The van der Waals surface area contributed by atoms with Gasteiger partial charge in [0.1, 0.15) is 0 Å². The molecule has 2 heteroatoms. The highest BCUT2D eigenvalue weighted by Gasteiger charge is 1.90. The number of unbranched alkanes of at least 4 members (excludes halogenated alkanes) is 7. The van der Waals surface area contributed by atoms with Crippen LogP contribution in [0, 0.1) is 0 Å². The third kappa shape index (κ3) is 16.7. The van der Waals surface area contributed by atoms with Crippen LogP contribution in [0.15, 0.2) is 30.0 Å². The van der Waals surface area contributed by atoms with Crippen molar-refractivity contribution in [1.29, 1.82) is 0 Å². The van der Waals surface area contributed by atoms with Crippen LogP contribution in [0.1, 0.15) is 77.6 Å². The van der Waals surface area contributed by atoms with E-state index in [0.717, 1.165) is 6.42 Å². The number of allylic oxidation sites excluding steroid dienone is 3. The van der Waals surface area contributed by atoms with Crippen LogP contribution in [0.25, 0.3) is 0 Å². The molecule has 2 nitrogen and oxygen atoms in total. The second kappa shape index (κ2) is 15.8. The summed E-state index contributed by atoms with van der Waals surface area (Å²) >= 11 is 0. The lowest BCUT2D eigenvalue weighted by atomic mass is 10.1. The maximum absolute atomic E-state index is 10.3. The summed E-state index contributed by atoms with van der Waals surface area (Å²) in [4.78, 5) is 10.3. The van der Waals surface area contributed by atoms with Crippen molar-refractivity contribution in [3.63, 3.8) is 0 Å². The number of hydrogen-bond acceptors (Lipinski definition) is 1. The Kier molecular flexibility index (Phi) is 14.8. The first-order chi connectivity index (χ1) is 9.77. The van der Waals surface area contributed by atoms with Gasteiger partial charge in [0.25, 0.3) is 0 Å². The van der Waals surface area contributed by atoms with Gasteiger partial charge in [0, 0.05) is 6.42 Å². The molecule has 0 atom stereocenters. The van der Waals surface area contributed by atoms with Crippen molar-refractivity contribution >= 4 is 5.97 Å². The van der Waals surface area contributed by atoms with Gasteiger partial charge in [-0.2, -0.15) is 0 Å². The Morgan fingerprint density at radius 2 is 1.65 bits per heavy atom. The number of aliphatic carboxylic acids is 1. The Balaban J connectivity index is 3.31. The summed E-state index contributed by atoms with van der Waals surface area (Å²) in [6.07, 6.45) is 20.4. The van der Waals surface area contributed by atoms with Crippen molar-refractivity contribution < 1.29 is 9.90 Å². The molecule has 0 heterocycles. The number of hydrogen-bond donors (Lipinski definition) is 1. The minimum absolute atomic E-state index is 0.189. The number of carboxylic acids is 1. The molecule has 0 saturated heterocycles. The lowest BCUT2D eigenvalue weighted by Crippen LogP contribution is -1.91. The van der Waals surface area contributed by atoms with Gasteiger partial charge in [0.05, 0.1) is 0 Å². The SMILES string of the molecule is CCCCCCCCCC=CCC=C=CCCC(=O)O. The molecule has 0 amide bonds. The Morgan fingerprint density at radius 1 is 0.950 bits per heavy atom. The number of rotatable bonds is 13. The highest BCUT2D eigenvalue weighted by atomic mass is 16.4. The smallest absolute Gasteiger partial charge is 0.303 e. The van der Waals surface area contributed by atoms with Crippen LogP contribution in [0.2, 0.25) is 0 Å². The average molecular weight is 278 g/mol. The van der Waals surface area contributed by atoms with Crippen LogP contribution < -0.4 is 0 Å². The summed E-state index contributed by atoms with van der Waals surface area (Å²) in [6.45, 7) is 2.25. The molecule has 0 rings (SSSR count). The van der Waals surface area contributed by atoms with E-state index in [1.165, 1.54) is 51.4 Å². The molecule has 0 aromatic heterocycles. The van der Waals surface area contributed by atoms with Crippen molar-refractivity contribution in [1.82, 2.24) is 0 Å². The molecule has 0 unspecified atom stereocenters. The molecular weight excluding hydrogens is 248 g/mol. The molecule has 0 bridgehead atoms. The fourth-order valence-electron chi connectivity index (χ4n) is 1.93. The molecule has 114 valence electrons. The Morgan fingerprint density at radius 3 is 2.35 bits per heavy atom. The van der Waals surface area contributed by atoms with Crippen molar-refractivity contribution in [3.05, 3.63) is 30.0 Å². The van der Waals surface area contributed by atoms with Gasteiger partial charge >= 0.3 is 5.97 Å². The summed E-state index contributed by atoms with van der Waals surface area (Å²) in [5, 5.41) is 8.45. The molecule has 0 radical (unpaired) electrons. The molecular formula is C18H30O2. The van der Waals surface area contributed by atoms with Gasteiger partial charge in [-0.3, -0.25) is 4.79 Å². The van der Waals surface area contributed by atoms with Gasteiger partial charge < -0.3 is 5.11 Å². The molecule has 0 aliphatic heterocycles. The summed E-state index contributed by atoms with van der Waals surface area (Å²) in [7, 11) is 0. The Hall–Kier alpha value is -1.27. The van der Waals surface area contributed by atoms with Crippen LogP contribution in [-0.4, -0.2) is 11.1 Å². The zero-order valence-electron chi connectivity index (χ0n) is 12.9. The molecule has 0 spiro atoms. The van der Waals surface area contributed by atoms with Crippen LogP contribution in [0.3, 0.4) is 0 Å². The monoisotopic (exact) mass is 278 g/mol. The normalized spacial score (nSPS) is 10.4. The Labute approximate surface area is 124 Å². The van der Waals surface area contributed by atoms with Crippen molar-refractivity contribution in [2.24, 2.45) is 0 Å². The van der Waals surface area contributed by atoms with Gasteiger partial charge in [0.2, 0.25) is 0 Å². The third-order valence-corrected chi connectivity index (χ3v) is 3.13. The van der Waals surface area contributed by atoms with Crippen LogP contribution in [0.4, 0.5) is 0 Å². The van der Waals surface area contributed by atoms with Crippen LogP contribution in [0.5, 0.6) is 0 Å².